The Morgan fingerprint density at radius 2 is 0.903 bits per heavy atom. The van der Waals surface area contributed by atoms with E-state index in [0.29, 0.717) is 19.3 Å². The predicted octanol–water partition coefficient (Wildman–Crippen LogP) is 15.8. The molecule has 0 spiro atoms. The van der Waals surface area contributed by atoms with Crippen LogP contribution in [-0.2, 0) is 14.3 Å². The van der Waals surface area contributed by atoms with Gasteiger partial charge in [-0.05, 0) is 44.9 Å². The van der Waals surface area contributed by atoms with Gasteiger partial charge in [0.15, 0.2) is 0 Å². The van der Waals surface area contributed by atoms with Crippen LogP contribution in [0.25, 0.3) is 0 Å². The fourth-order valence-corrected chi connectivity index (χ4v) is 7.68. The van der Waals surface area contributed by atoms with Crippen molar-refractivity contribution in [3.8, 4) is 0 Å². The highest BCUT2D eigenvalue weighted by Gasteiger charge is 2.23. The quantitative estimate of drug-likeness (QED) is 0.0245. The maximum Gasteiger partial charge on any atom is 0.306 e. The summed E-state index contributed by atoms with van der Waals surface area (Å²) in [5.74, 6) is -0.611. The SMILES string of the molecule is CC/C=C/C=C/C=C\C=C/C=C/CC(CC(=O)NC(CO)C(O)CCCCCCCCCCCCCCCCC)OC(=O)CCCCCCCCC/C=C/CCCCCCCC. The molecule has 62 heavy (non-hydrogen) atoms. The summed E-state index contributed by atoms with van der Waals surface area (Å²) in [6.07, 6.45) is 62.8. The van der Waals surface area contributed by atoms with Gasteiger partial charge in [0.2, 0.25) is 5.91 Å². The van der Waals surface area contributed by atoms with Gasteiger partial charge < -0.3 is 20.3 Å². The largest absolute Gasteiger partial charge is 0.461 e. The first-order valence-corrected chi connectivity index (χ1v) is 26.2. The Hall–Kier alpha value is -2.70. The van der Waals surface area contributed by atoms with Gasteiger partial charge in [0, 0.05) is 12.8 Å². The molecule has 0 bridgehead atoms. The molecule has 0 aromatic carbocycles. The highest BCUT2D eigenvalue weighted by Crippen LogP contribution is 2.17. The fourth-order valence-electron chi connectivity index (χ4n) is 7.68. The van der Waals surface area contributed by atoms with Crippen molar-refractivity contribution in [3.63, 3.8) is 0 Å². The van der Waals surface area contributed by atoms with Crippen molar-refractivity contribution < 1.29 is 24.5 Å². The number of aliphatic hydroxyl groups is 2. The monoisotopic (exact) mass is 866 g/mol. The number of rotatable bonds is 46. The summed E-state index contributed by atoms with van der Waals surface area (Å²) in [6.45, 7) is 6.30. The molecule has 0 aliphatic heterocycles. The number of ether oxygens (including phenoxy) is 1. The molecular weight excluding hydrogens is 767 g/mol. The molecule has 6 nitrogen and oxygen atoms in total. The van der Waals surface area contributed by atoms with Gasteiger partial charge in [-0.15, -0.1) is 0 Å². The van der Waals surface area contributed by atoms with Crippen molar-refractivity contribution in [2.45, 2.75) is 264 Å². The van der Waals surface area contributed by atoms with Gasteiger partial charge in [-0.1, -0.05) is 254 Å². The number of hydrogen-bond acceptors (Lipinski definition) is 5. The van der Waals surface area contributed by atoms with Crippen molar-refractivity contribution in [2.24, 2.45) is 0 Å². The second-order valence-corrected chi connectivity index (χ2v) is 17.7. The molecule has 358 valence electrons. The Balaban J connectivity index is 4.60. The highest BCUT2D eigenvalue weighted by molar-refractivity contribution is 5.77. The predicted molar refractivity (Wildman–Crippen MR) is 268 cm³/mol. The van der Waals surface area contributed by atoms with Gasteiger partial charge >= 0.3 is 5.97 Å². The zero-order valence-electron chi connectivity index (χ0n) is 40.7. The lowest BCUT2D eigenvalue weighted by atomic mass is 10.0. The van der Waals surface area contributed by atoms with E-state index >= 15 is 0 Å². The molecule has 1 amide bonds. The van der Waals surface area contributed by atoms with Gasteiger partial charge in [-0.2, -0.15) is 0 Å². The molecule has 6 heteroatoms. The number of nitrogens with one attached hydrogen (secondary N) is 1. The molecule has 3 N–H and O–H groups in total. The molecule has 0 saturated heterocycles. The van der Waals surface area contributed by atoms with E-state index in [4.69, 9.17) is 4.74 Å². The summed E-state index contributed by atoms with van der Waals surface area (Å²) in [5.41, 5.74) is 0. The van der Waals surface area contributed by atoms with E-state index < -0.39 is 18.2 Å². The van der Waals surface area contributed by atoms with Gasteiger partial charge in [-0.3, -0.25) is 9.59 Å². The van der Waals surface area contributed by atoms with E-state index in [0.717, 1.165) is 44.9 Å². The minimum Gasteiger partial charge on any atom is -0.461 e. The average molecular weight is 866 g/mol. The van der Waals surface area contributed by atoms with Gasteiger partial charge in [0.25, 0.3) is 0 Å². The lowest BCUT2D eigenvalue weighted by Crippen LogP contribution is -2.46. The standard InChI is InChI=1S/C56H99NO5/c1-4-7-10-13-16-19-22-24-26-27-29-31-34-37-40-43-46-49-56(61)62-52(47-44-41-38-35-32-21-18-15-12-9-6-3)50-55(60)57-53(51-58)54(59)48-45-42-39-36-33-30-28-25-23-20-17-14-11-8-5-2/h9,12,15,18,21,24,26,32,35,38,41,44,52-54,58-59H,4-8,10-11,13-14,16-17,19-20,22-23,25,27-31,33-34,36-37,39-40,42-43,45-51H2,1-3H3,(H,57,60)/b12-9+,18-15+,26-24+,32-21-,38-35-,44-41+. The van der Waals surface area contributed by atoms with Crippen molar-refractivity contribution >= 4 is 11.9 Å². The summed E-state index contributed by atoms with van der Waals surface area (Å²) in [4.78, 5) is 26.1. The molecule has 0 aromatic rings. The van der Waals surface area contributed by atoms with Crippen LogP contribution in [0.1, 0.15) is 245 Å². The van der Waals surface area contributed by atoms with Crippen LogP contribution in [0.2, 0.25) is 0 Å². The third-order valence-electron chi connectivity index (χ3n) is 11.6. The Labute approximate surface area is 383 Å². The third-order valence-corrected chi connectivity index (χ3v) is 11.6. The van der Waals surface area contributed by atoms with E-state index in [1.807, 2.05) is 54.7 Å². The van der Waals surface area contributed by atoms with Crippen LogP contribution in [0.3, 0.4) is 0 Å². The zero-order chi connectivity index (χ0) is 45.2. The Bertz CT molecular complexity index is 1150. The number of aliphatic hydroxyl groups excluding tert-OH is 2. The average Bonchev–Trinajstić information content (AvgIpc) is 3.26. The first-order chi connectivity index (χ1) is 30.5. The Kier molecular flexibility index (Phi) is 47.2. The number of amides is 1. The fraction of sp³-hybridized carbons (Fsp3) is 0.750. The van der Waals surface area contributed by atoms with Gasteiger partial charge in [-0.25, -0.2) is 0 Å². The first-order valence-electron chi connectivity index (χ1n) is 26.2. The van der Waals surface area contributed by atoms with Gasteiger partial charge in [0.05, 0.1) is 25.2 Å². The number of allylic oxidation sites excluding steroid dienone is 11. The van der Waals surface area contributed by atoms with Crippen molar-refractivity contribution in [1.29, 1.82) is 0 Å². The van der Waals surface area contributed by atoms with E-state index in [2.05, 4.69) is 44.3 Å². The molecule has 0 fully saturated rings. The Morgan fingerprint density at radius 1 is 0.500 bits per heavy atom. The normalized spacial score (nSPS) is 13.8. The number of carbonyl (C=O) groups is 2. The number of unbranched alkanes of at least 4 members (excludes halogenated alkanes) is 27. The van der Waals surface area contributed by atoms with Crippen LogP contribution >= 0.6 is 0 Å². The van der Waals surface area contributed by atoms with Crippen LogP contribution in [-0.4, -0.2) is 46.9 Å². The summed E-state index contributed by atoms with van der Waals surface area (Å²) in [6, 6.07) is -0.742. The minimum absolute atomic E-state index is 0.0216. The lowest BCUT2D eigenvalue weighted by Gasteiger charge is -2.24. The second kappa shape index (κ2) is 49.3. The van der Waals surface area contributed by atoms with Crippen molar-refractivity contribution in [1.82, 2.24) is 5.32 Å². The molecule has 0 radical (unpaired) electrons. The molecule has 0 aliphatic rings. The summed E-state index contributed by atoms with van der Waals surface area (Å²) in [7, 11) is 0. The van der Waals surface area contributed by atoms with Crippen LogP contribution in [0.15, 0.2) is 72.9 Å². The molecule has 3 atom stereocenters. The van der Waals surface area contributed by atoms with Crippen LogP contribution in [0, 0.1) is 0 Å². The lowest BCUT2D eigenvalue weighted by molar-refractivity contribution is -0.150. The molecule has 0 aromatic heterocycles. The highest BCUT2D eigenvalue weighted by atomic mass is 16.5. The molecular formula is C56H99NO5. The van der Waals surface area contributed by atoms with Crippen LogP contribution in [0.4, 0.5) is 0 Å². The number of hydrogen-bond donors (Lipinski definition) is 3. The summed E-state index contributed by atoms with van der Waals surface area (Å²) < 4.78 is 5.84. The maximum absolute atomic E-state index is 13.2. The van der Waals surface area contributed by atoms with Crippen LogP contribution in [0.5, 0.6) is 0 Å². The van der Waals surface area contributed by atoms with Crippen molar-refractivity contribution in [2.75, 3.05) is 6.61 Å². The smallest absolute Gasteiger partial charge is 0.306 e. The molecule has 0 rings (SSSR count). The molecule has 0 heterocycles. The zero-order valence-corrected chi connectivity index (χ0v) is 40.7. The topological polar surface area (TPSA) is 95.9 Å². The summed E-state index contributed by atoms with van der Waals surface area (Å²) >= 11 is 0. The van der Waals surface area contributed by atoms with Crippen LogP contribution < -0.4 is 5.32 Å². The van der Waals surface area contributed by atoms with Crippen molar-refractivity contribution in [3.05, 3.63) is 72.9 Å². The molecule has 0 aliphatic carbocycles. The van der Waals surface area contributed by atoms with E-state index in [1.165, 1.54) is 154 Å². The van der Waals surface area contributed by atoms with E-state index in [9.17, 15) is 19.8 Å². The maximum atomic E-state index is 13.2. The third kappa shape index (κ3) is 43.9. The van der Waals surface area contributed by atoms with E-state index in [-0.39, 0.29) is 24.9 Å². The molecule has 3 unspecified atom stereocenters. The number of esters is 1. The number of carbonyl (C=O) groups excluding carboxylic acids is 2. The van der Waals surface area contributed by atoms with Gasteiger partial charge in [0.1, 0.15) is 6.10 Å². The first kappa shape index (κ1) is 59.3. The summed E-state index contributed by atoms with van der Waals surface area (Å²) in [5, 5.41) is 23.7. The molecule has 0 saturated carbocycles. The second-order valence-electron chi connectivity index (χ2n) is 17.7. The van der Waals surface area contributed by atoms with E-state index in [1.54, 1.807) is 0 Å². The minimum atomic E-state index is -0.820. The Morgan fingerprint density at radius 3 is 1.35 bits per heavy atom.